The van der Waals surface area contributed by atoms with E-state index in [2.05, 4.69) is 4.98 Å². The number of phenolic OH excluding ortho intramolecular Hbond substituents is 1. The lowest BCUT2D eigenvalue weighted by Gasteiger charge is -2.42. The van der Waals surface area contributed by atoms with Crippen molar-refractivity contribution < 1.29 is 19.1 Å². The van der Waals surface area contributed by atoms with Gasteiger partial charge in [-0.25, -0.2) is 13.8 Å². The highest BCUT2D eigenvalue weighted by Gasteiger charge is 2.40. The van der Waals surface area contributed by atoms with Crippen LogP contribution in [0.4, 0.5) is 4.39 Å². The van der Waals surface area contributed by atoms with E-state index in [1.807, 2.05) is 16.7 Å². The predicted molar refractivity (Wildman–Crippen MR) is 127 cm³/mol. The van der Waals surface area contributed by atoms with Gasteiger partial charge in [0.15, 0.2) is 6.30 Å². The number of halogens is 1. The number of aromatic amines is 1. The topological polar surface area (TPSA) is 116 Å². The molecule has 0 bridgehead atoms. The molecule has 2 amide bonds. The summed E-state index contributed by atoms with van der Waals surface area (Å²) in [6.07, 6.45) is 1.85. The van der Waals surface area contributed by atoms with E-state index in [0.29, 0.717) is 49.9 Å². The molecule has 1 saturated heterocycles. The molecule has 35 heavy (non-hydrogen) atoms. The smallest absolute Gasteiger partial charge is 0.331 e. The maximum Gasteiger partial charge on any atom is 0.331 e. The Hall–Kier alpha value is -3.17. The summed E-state index contributed by atoms with van der Waals surface area (Å²) in [5.74, 6) is -0.514. The third kappa shape index (κ3) is 4.46. The first-order chi connectivity index (χ1) is 16.7. The Labute approximate surface area is 201 Å². The number of nitrogens with zero attached hydrogens (tertiary/aromatic N) is 3. The lowest BCUT2D eigenvalue weighted by Crippen LogP contribution is -2.57. The minimum atomic E-state index is -1.81. The molecule has 1 aliphatic heterocycles. The van der Waals surface area contributed by atoms with Crippen molar-refractivity contribution in [3.8, 4) is 5.75 Å². The standard InChI is InChI=1S/C25H31FN4O5/c1-14-13-28(10-11-29(14)23(33)17-6-7-17)22(32)16-4-2-15(3-5-16)21(26)30-24(34)19-12-18(31)8-9-20(19)27-25(30)35/h8-9,12,14-17,21,31H,2-7,10-11,13H2,1H3,(H,27,35). The largest absolute Gasteiger partial charge is 0.508 e. The number of amides is 2. The fraction of sp³-hybridized carbons (Fsp3) is 0.600. The first kappa shape index (κ1) is 23.6. The van der Waals surface area contributed by atoms with Crippen LogP contribution in [0.5, 0.6) is 5.75 Å². The van der Waals surface area contributed by atoms with Gasteiger partial charge in [0, 0.05) is 43.4 Å². The summed E-state index contributed by atoms with van der Waals surface area (Å²) in [7, 11) is 0. The van der Waals surface area contributed by atoms with Crippen LogP contribution in [0.1, 0.15) is 51.7 Å². The second-order valence-corrected chi connectivity index (χ2v) is 10.3. The SMILES string of the molecule is CC1CN(C(=O)C2CCC(C(F)n3c(=O)[nH]c4ccc(O)cc4c3=O)CC2)CCN1C(=O)C1CC1. The van der Waals surface area contributed by atoms with Crippen LogP contribution in [-0.4, -0.2) is 61.9 Å². The molecule has 5 rings (SSSR count). The second-order valence-electron chi connectivity index (χ2n) is 10.3. The van der Waals surface area contributed by atoms with Crippen LogP contribution < -0.4 is 11.2 Å². The Morgan fingerprint density at radius 2 is 1.69 bits per heavy atom. The lowest BCUT2D eigenvalue weighted by molar-refractivity contribution is -0.146. The highest BCUT2D eigenvalue weighted by Crippen LogP contribution is 2.37. The van der Waals surface area contributed by atoms with Gasteiger partial charge in [-0.1, -0.05) is 0 Å². The normalized spacial score (nSPS) is 26.1. The highest BCUT2D eigenvalue weighted by molar-refractivity contribution is 5.83. The quantitative estimate of drug-likeness (QED) is 0.687. The zero-order valence-electron chi connectivity index (χ0n) is 19.8. The zero-order valence-corrected chi connectivity index (χ0v) is 19.8. The van der Waals surface area contributed by atoms with Crippen LogP contribution in [0.25, 0.3) is 10.9 Å². The van der Waals surface area contributed by atoms with E-state index < -0.39 is 23.5 Å². The number of aromatic hydroxyl groups is 1. The minimum absolute atomic E-state index is 0.0155. The number of piperazine rings is 1. The van der Waals surface area contributed by atoms with Gasteiger partial charge in [0.1, 0.15) is 5.75 Å². The number of nitrogens with one attached hydrogen (secondary N) is 1. The van der Waals surface area contributed by atoms with Crippen molar-refractivity contribution in [3.63, 3.8) is 0 Å². The van der Waals surface area contributed by atoms with Crippen molar-refractivity contribution in [1.82, 2.24) is 19.4 Å². The molecule has 2 unspecified atom stereocenters. The summed E-state index contributed by atoms with van der Waals surface area (Å²) in [5.41, 5.74) is -1.37. The average Bonchev–Trinajstić information content (AvgIpc) is 3.69. The van der Waals surface area contributed by atoms with Crippen LogP contribution in [0, 0.1) is 17.8 Å². The molecule has 188 valence electrons. The molecule has 2 aromatic rings. The van der Waals surface area contributed by atoms with Gasteiger partial charge in [0.05, 0.1) is 10.9 Å². The van der Waals surface area contributed by atoms with E-state index in [9.17, 15) is 24.3 Å². The number of carbonyl (C=O) groups excluding carboxylic acids is 2. The zero-order chi connectivity index (χ0) is 24.9. The van der Waals surface area contributed by atoms with Crippen LogP contribution in [0.3, 0.4) is 0 Å². The fourth-order valence-corrected chi connectivity index (χ4v) is 5.60. The monoisotopic (exact) mass is 486 g/mol. The molecule has 2 atom stereocenters. The van der Waals surface area contributed by atoms with Gasteiger partial charge in [0.2, 0.25) is 11.8 Å². The Balaban J connectivity index is 1.22. The molecule has 2 heterocycles. The summed E-state index contributed by atoms with van der Waals surface area (Å²) >= 11 is 0. The number of rotatable bonds is 4. The third-order valence-corrected chi connectivity index (χ3v) is 7.82. The molecule has 10 heteroatoms. The van der Waals surface area contributed by atoms with E-state index in [1.54, 1.807) is 0 Å². The summed E-state index contributed by atoms with van der Waals surface area (Å²) < 4.78 is 16.0. The first-order valence-corrected chi connectivity index (χ1v) is 12.5. The number of alkyl halides is 1. The molecular formula is C25H31FN4O5. The van der Waals surface area contributed by atoms with Crippen molar-refractivity contribution >= 4 is 22.7 Å². The maximum absolute atomic E-state index is 15.4. The fourth-order valence-electron chi connectivity index (χ4n) is 5.60. The number of phenols is 1. The summed E-state index contributed by atoms with van der Waals surface area (Å²) in [6.45, 7) is 3.55. The Bertz CT molecular complexity index is 1260. The molecule has 2 aliphatic carbocycles. The lowest BCUT2D eigenvalue weighted by atomic mass is 9.80. The van der Waals surface area contributed by atoms with Crippen LogP contribution >= 0.6 is 0 Å². The van der Waals surface area contributed by atoms with Crippen molar-refractivity contribution in [2.75, 3.05) is 19.6 Å². The third-order valence-electron chi connectivity index (χ3n) is 7.82. The second kappa shape index (κ2) is 9.13. The Morgan fingerprint density at radius 1 is 1.03 bits per heavy atom. The molecule has 2 saturated carbocycles. The van der Waals surface area contributed by atoms with Gasteiger partial charge in [-0.15, -0.1) is 0 Å². The number of benzene rings is 1. The van der Waals surface area contributed by atoms with Gasteiger partial charge >= 0.3 is 5.69 Å². The average molecular weight is 487 g/mol. The minimum Gasteiger partial charge on any atom is -0.508 e. The summed E-state index contributed by atoms with van der Waals surface area (Å²) in [5, 5.41) is 9.73. The van der Waals surface area contributed by atoms with Crippen molar-refractivity contribution in [1.29, 1.82) is 0 Å². The van der Waals surface area contributed by atoms with Gasteiger partial charge in [-0.2, -0.15) is 0 Å². The van der Waals surface area contributed by atoms with Gasteiger partial charge in [0.25, 0.3) is 5.56 Å². The number of H-pyrrole nitrogens is 1. The van der Waals surface area contributed by atoms with E-state index in [1.165, 1.54) is 18.2 Å². The molecule has 9 nitrogen and oxygen atoms in total. The summed E-state index contributed by atoms with van der Waals surface area (Å²) in [6, 6.07) is 3.95. The van der Waals surface area contributed by atoms with Crippen LogP contribution in [0.15, 0.2) is 27.8 Å². The Kier molecular flexibility index (Phi) is 6.14. The molecule has 2 N–H and O–H groups in total. The van der Waals surface area contributed by atoms with E-state index in [-0.39, 0.29) is 46.3 Å². The summed E-state index contributed by atoms with van der Waals surface area (Å²) in [4.78, 5) is 57.1. The van der Waals surface area contributed by atoms with E-state index >= 15 is 4.39 Å². The molecule has 1 aromatic carbocycles. The number of fused-ring (bicyclic) bond motifs is 1. The highest BCUT2D eigenvalue weighted by atomic mass is 19.1. The molecule has 0 radical (unpaired) electrons. The number of aromatic nitrogens is 2. The molecule has 1 aromatic heterocycles. The van der Waals surface area contributed by atoms with Crippen LogP contribution in [-0.2, 0) is 9.59 Å². The van der Waals surface area contributed by atoms with Gasteiger partial charge in [-0.05, 0) is 63.6 Å². The van der Waals surface area contributed by atoms with Gasteiger partial charge in [-0.3, -0.25) is 14.4 Å². The van der Waals surface area contributed by atoms with E-state index in [4.69, 9.17) is 0 Å². The molecule has 3 aliphatic rings. The molecular weight excluding hydrogens is 455 g/mol. The molecule has 3 fully saturated rings. The predicted octanol–water partition coefficient (Wildman–Crippen LogP) is 2.14. The van der Waals surface area contributed by atoms with Crippen molar-refractivity contribution in [2.24, 2.45) is 17.8 Å². The number of carbonyl (C=O) groups is 2. The van der Waals surface area contributed by atoms with Crippen molar-refractivity contribution in [3.05, 3.63) is 39.0 Å². The maximum atomic E-state index is 15.4. The van der Waals surface area contributed by atoms with E-state index in [0.717, 1.165) is 12.8 Å². The molecule has 0 spiro atoms. The van der Waals surface area contributed by atoms with Gasteiger partial charge < -0.3 is 19.9 Å². The number of hydrogen-bond donors (Lipinski definition) is 2. The first-order valence-electron chi connectivity index (χ1n) is 12.5. The number of hydrogen-bond acceptors (Lipinski definition) is 5. The van der Waals surface area contributed by atoms with Crippen molar-refractivity contribution in [2.45, 2.75) is 57.8 Å². The Morgan fingerprint density at radius 3 is 2.34 bits per heavy atom. The van der Waals surface area contributed by atoms with Crippen LogP contribution in [0.2, 0.25) is 0 Å².